The fraction of sp³-hybridized carbons (Fsp3) is 0.150. The second kappa shape index (κ2) is 6.94. The minimum atomic E-state index is -4.44. The van der Waals surface area contributed by atoms with Crippen molar-refractivity contribution in [2.75, 3.05) is 5.75 Å². The summed E-state index contributed by atoms with van der Waals surface area (Å²) in [5.41, 5.74) is 1.33. The average molecular weight is 404 g/mol. The molecule has 0 spiro atoms. The molecule has 0 bridgehead atoms. The molecule has 1 aromatic heterocycles. The summed E-state index contributed by atoms with van der Waals surface area (Å²) in [4.78, 5) is 27.9. The van der Waals surface area contributed by atoms with E-state index in [9.17, 15) is 22.8 Å². The first-order valence-corrected chi connectivity index (χ1v) is 9.85. The van der Waals surface area contributed by atoms with Crippen LogP contribution < -0.4 is 5.32 Å². The van der Waals surface area contributed by atoms with E-state index in [1.807, 2.05) is 24.3 Å². The highest BCUT2D eigenvalue weighted by molar-refractivity contribution is 8.29. The number of halogens is 3. The second-order valence-corrected chi connectivity index (χ2v) is 8.35. The Kier molecular flexibility index (Phi) is 4.58. The third-order valence-electron chi connectivity index (χ3n) is 4.55. The van der Waals surface area contributed by atoms with E-state index in [0.717, 1.165) is 28.6 Å². The Hall–Kier alpha value is -2.87. The van der Waals surface area contributed by atoms with Gasteiger partial charge in [0.2, 0.25) is 5.91 Å². The highest BCUT2D eigenvalue weighted by Crippen LogP contribution is 2.32. The van der Waals surface area contributed by atoms with Gasteiger partial charge in [0, 0.05) is 23.5 Å². The molecule has 4 nitrogen and oxygen atoms in total. The Bertz CT molecular complexity index is 1130. The molecular weight excluding hydrogens is 389 g/mol. The van der Waals surface area contributed by atoms with Crippen LogP contribution in [0.2, 0.25) is 0 Å². The highest BCUT2D eigenvalue weighted by atomic mass is 32.2. The molecule has 1 aliphatic heterocycles. The Morgan fingerprint density at radius 1 is 1.07 bits per heavy atom. The first kappa shape index (κ1) is 18.5. The number of fused-ring (bicyclic) bond motifs is 1. The predicted molar refractivity (Wildman–Crippen MR) is 104 cm³/mol. The molecular formula is C20H15F3N2O2S. The fourth-order valence-corrected chi connectivity index (χ4v) is 5.18. The average Bonchev–Trinajstić information content (AvgIpc) is 3.25. The third kappa shape index (κ3) is 3.47. The molecule has 1 atom stereocenters. The van der Waals surface area contributed by atoms with E-state index in [1.54, 1.807) is 12.3 Å². The maximum atomic E-state index is 13.1. The Morgan fingerprint density at radius 2 is 1.86 bits per heavy atom. The summed E-state index contributed by atoms with van der Waals surface area (Å²) in [7, 11) is -1.04. The summed E-state index contributed by atoms with van der Waals surface area (Å²) in [5, 5.41) is 2.78. The molecule has 8 heteroatoms. The SMILES string of the molecule is O=C1CS(=C(Cc2cccc(C(F)(F)F)c2)c2cccc3[nH]ccc23)C(=O)N1. The number of carbonyl (C=O) groups excluding carboxylic acids is 2. The van der Waals surface area contributed by atoms with E-state index in [2.05, 4.69) is 10.3 Å². The number of amides is 2. The Morgan fingerprint density at radius 3 is 2.57 bits per heavy atom. The number of aromatic amines is 1. The van der Waals surface area contributed by atoms with Gasteiger partial charge < -0.3 is 4.98 Å². The van der Waals surface area contributed by atoms with Gasteiger partial charge in [0.1, 0.15) is 0 Å². The molecule has 144 valence electrons. The van der Waals surface area contributed by atoms with Gasteiger partial charge in [0.05, 0.1) is 11.3 Å². The summed E-state index contributed by atoms with van der Waals surface area (Å²) in [6, 6.07) is 12.5. The Labute approximate surface area is 160 Å². The molecule has 3 aromatic rings. The van der Waals surface area contributed by atoms with Crippen molar-refractivity contribution in [1.82, 2.24) is 10.3 Å². The molecule has 2 amide bonds. The van der Waals surface area contributed by atoms with Crippen molar-refractivity contribution in [3.8, 4) is 0 Å². The van der Waals surface area contributed by atoms with Crippen molar-refractivity contribution in [2.24, 2.45) is 0 Å². The van der Waals surface area contributed by atoms with Gasteiger partial charge in [0.25, 0.3) is 5.24 Å². The van der Waals surface area contributed by atoms with Gasteiger partial charge in [-0.25, -0.2) is 0 Å². The summed E-state index contributed by atoms with van der Waals surface area (Å²) >= 11 is 0. The van der Waals surface area contributed by atoms with Gasteiger partial charge >= 0.3 is 6.18 Å². The summed E-state index contributed by atoms with van der Waals surface area (Å²) in [6.07, 6.45) is -2.53. The summed E-state index contributed by atoms with van der Waals surface area (Å²) in [6.45, 7) is 0. The fourth-order valence-electron chi connectivity index (χ4n) is 3.29. The van der Waals surface area contributed by atoms with Gasteiger partial charge in [-0.15, -0.1) is 0 Å². The lowest BCUT2D eigenvalue weighted by molar-refractivity contribution is -0.137. The van der Waals surface area contributed by atoms with E-state index in [4.69, 9.17) is 0 Å². The number of alkyl halides is 3. The smallest absolute Gasteiger partial charge is 0.361 e. The molecule has 2 N–H and O–H groups in total. The van der Waals surface area contributed by atoms with E-state index in [0.29, 0.717) is 10.4 Å². The molecule has 1 fully saturated rings. The standard InChI is InChI=1S/C20H15F3N2O2S/c21-20(22,23)13-4-1-3-12(9-13)10-17(28-11-18(26)25-19(28)27)15-5-2-6-16-14(15)7-8-24-16/h1-9,24H,10-11H2,(H,25,26,27). The number of imide groups is 1. The van der Waals surface area contributed by atoms with Crippen molar-refractivity contribution in [2.45, 2.75) is 12.6 Å². The van der Waals surface area contributed by atoms with Crippen LogP contribution in [-0.2, 0) is 17.4 Å². The van der Waals surface area contributed by atoms with Gasteiger partial charge in [0.15, 0.2) is 0 Å². The number of carbonyl (C=O) groups is 2. The van der Waals surface area contributed by atoms with Crippen LogP contribution in [0.15, 0.2) is 54.7 Å². The molecule has 1 saturated heterocycles. The van der Waals surface area contributed by atoms with Crippen LogP contribution in [0.1, 0.15) is 16.7 Å². The maximum Gasteiger partial charge on any atom is 0.416 e. The number of hydrogen-bond acceptors (Lipinski definition) is 2. The molecule has 4 rings (SSSR count). The molecule has 0 saturated carbocycles. The minimum absolute atomic E-state index is 0.0218. The maximum absolute atomic E-state index is 13.1. The van der Waals surface area contributed by atoms with Gasteiger partial charge in [-0.05, 0) is 34.2 Å². The van der Waals surface area contributed by atoms with Gasteiger partial charge in [-0.3, -0.25) is 14.9 Å². The van der Waals surface area contributed by atoms with Crippen molar-refractivity contribution in [3.05, 3.63) is 71.4 Å². The highest BCUT2D eigenvalue weighted by Gasteiger charge is 2.31. The number of H-pyrrole nitrogens is 1. The number of rotatable bonds is 3. The van der Waals surface area contributed by atoms with Crippen molar-refractivity contribution < 1.29 is 22.8 Å². The van der Waals surface area contributed by atoms with Gasteiger partial charge in [-0.2, -0.15) is 13.2 Å². The van der Waals surface area contributed by atoms with E-state index >= 15 is 0 Å². The molecule has 0 radical (unpaired) electrons. The van der Waals surface area contributed by atoms with Crippen molar-refractivity contribution in [1.29, 1.82) is 0 Å². The Balaban J connectivity index is 1.86. The van der Waals surface area contributed by atoms with Crippen LogP contribution in [0.3, 0.4) is 0 Å². The second-order valence-electron chi connectivity index (χ2n) is 6.41. The monoisotopic (exact) mass is 404 g/mol. The molecule has 1 aliphatic rings. The van der Waals surface area contributed by atoms with Crippen molar-refractivity contribution >= 4 is 37.4 Å². The van der Waals surface area contributed by atoms with Crippen LogP contribution in [0.5, 0.6) is 0 Å². The summed E-state index contributed by atoms with van der Waals surface area (Å²) in [5.74, 6) is -0.343. The molecule has 0 aliphatic carbocycles. The van der Waals surface area contributed by atoms with Crippen LogP contribution in [0.25, 0.3) is 10.9 Å². The van der Waals surface area contributed by atoms with Crippen molar-refractivity contribution in [3.63, 3.8) is 0 Å². The lowest BCUT2D eigenvalue weighted by Crippen LogP contribution is -2.18. The zero-order chi connectivity index (χ0) is 19.9. The molecule has 2 aromatic carbocycles. The lowest BCUT2D eigenvalue weighted by Gasteiger charge is -2.14. The van der Waals surface area contributed by atoms with E-state index in [1.165, 1.54) is 6.07 Å². The molecule has 28 heavy (non-hydrogen) atoms. The first-order chi connectivity index (χ1) is 13.3. The number of aromatic nitrogens is 1. The number of hydrogen-bond donors (Lipinski definition) is 2. The topological polar surface area (TPSA) is 62.0 Å². The zero-order valence-electron chi connectivity index (χ0n) is 14.5. The third-order valence-corrected chi connectivity index (χ3v) is 6.61. The lowest BCUT2D eigenvalue weighted by atomic mass is 10.00. The zero-order valence-corrected chi connectivity index (χ0v) is 15.3. The quantitative estimate of drug-likeness (QED) is 0.500. The van der Waals surface area contributed by atoms with Gasteiger partial charge in [-0.1, -0.05) is 40.8 Å². The van der Waals surface area contributed by atoms with Crippen LogP contribution in [0, 0.1) is 0 Å². The molecule has 2 heterocycles. The number of benzene rings is 2. The van der Waals surface area contributed by atoms with E-state index < -0.39 is 22.2 Å². The van der Waals surface area contributed by atoms with Crippen LogP contribution in [0.4, 0.5) is 18.0 Å². The predicted octanol–water partition coefficient (Wildman–Crippen LogP) is 4.47. The van der Waals surface area contributed by atoms with Crippen LogP contribution >= 0.6 is 10.5 Å². The normalized spacial score (nSPS) is 17.8. The number of nitrogens with one attached hydrogen (secondary N) is 2. The molecule has 1 unspecified atom stereocenters. The summed E-state index contributed by atoms with van der Waals surface area (Å²) < 4.78 is 39.3. The van der Waals surface area contributed by atoms with E-state index in [-0.39, 0.29) is 23.3 Å². The minimum Gasteiger partial charge on any atom is -0.361 e. The van der Waals surface area contributed by atoms with Crippen LogP contribution in [-0.4, -0.2) is 26.7 Å². The first-order valence-electron chi connectivity index (χ1n) is 8.46. The largest absolute Gasteiger partial charge is 0.416 e.